The number of carbonyl (C=O) groups is 3. The van der Waals surface area contributed by atoms with E-state index in [1.807, 2.05) is 21.1 Å². The van der Waals surface area contributed by atoms with Crippen LogP contribution in [0.2, 0.25) is 0 Å². The van der Waals surface area contributed by atoms with Crippen LogP contribution < -0.4 is 0 Å². The number of ether oxygens (including phenoxy) is 3. The minimum absolute atomic E-state index is 0.0373. The first kappa shape index (κ1) is 56.5. The molecule has 0 radical (unpaired) electrons. The van der Waals surface area contributed by atoms with Crippen LogP contribution >= 0.6 is 0 Å². The number of carboxylic acid groups (broad SMARTS) is 1. The minimum Gasteiger partial charge on any atom is -0.477 e. The Morgan fingerprint density at radius 3 is 1.50 bits per heavy atom. The standard InChI is InChI=1S/C52H87NO7/c1-6-8-10-12-14-16-18-20-22-24-25-26-27-29-30-32-34-36-38-40-42-50(54)59-47-48(46-58-45-44-49(52(56)57)53(3,4)5)60-51(55)43-41-39-37-35-33-31-28-23-21-19-17-15-13-11-9-7-2/h8,10,14,16,20,22-23,25-26,28-31,33,48-49H,6-7,9,11-13,15,17-19,21,24,27,32,34-47H2,1-5H3/p+1/b10-8+,16-14+,22-20+,26-25+,28-23+,30-29+,33-31+. The summed E-state index contributed by atoms with van der Waals surface area (Å²) in [6.07, 6.45) is 54.8. The van der Waals surface area contributed by atoms with Gasteiger partial charge in [0.05, 0.1) is 34.4 Å². The van der Waals surface area contributed by atoms with Crippen molar-refractivity contribution in [3.63, 3.8) is 0 Å². The lowest BCUT2D eigenvalue weighted by Crippen LogP contribution is -2.50. The summed E-state index contributed by atoms with van der Waals surface area (Å²) in [5, 5.41) is 9.63. The molecule has 342 valence electrons. The summed E-state index contributed by atoms with van der Waals surface area (Å²) < 4.78 is 17.3. The van der Waals surface area contributed by atoms with Crippen molar-refractivity contribution in [1.82, 2.24) is 0 Å². The second-order valence-corrected chi connectivity index (χ2v) is 16.7. The Balaban J connectivity index is 4.41. The lowest BCUT2D eigenvalue weighted by atomic mass is 10.1. The molecule has 1 N–H and O–H groups in total. The van der Waals surface area contributed by atoms with Gasteiger partial charge in [-0.15, -0.1) is 0 Å². The molecule has 0 aliphatic rings. The van der Waals surface area contributed by atoms with Crippen molar-refractivity contribution in [2.45, 2.75) is 187 Å². The van der Waals surface area contributed by atoms with Gasteiger partial charge in [-0.3, -0.25) is 9.59 Å². The fourth-order valence-electron chi connectivity index (χ4n) is 6.40. The number of carboxylic acids is 1. The van der Waals surface area contributed by atoms with Crippen LogP contribution in [0.15, 0.2) is 85.1 Å². The molecule has 0 aromatic heterocycles. The number of esters is 2. The number of hydrogen-bond donors (Lipinski definition) is 1. The fraction of sp³-hybridized carbons (Fsp3) is 0.673. The van der Waals surface area contributed by atoms with Crippen molar-refractivity contribution in [3.05, 3.63) is 85.1 Å². The molecule has 0 aromatic carbocycles. The monoisotopic (exact) mass is 839 g/mol. The predicted octanol–water partition coefficient (Wildman–Crippen LogP) is 13.3. The molecular formula is C52H88NO7+. The van der Waals surface area contributed by atoms with E-state index in [1.54, 1.807) is 0 Å². The van der Waals surface area contributed by atoms with Gasteiger partial charge >= 0.3 is 17.9 Å². The predicted molar refractivity (Wildman–Crippen MR) is 252 cm³/mol. The number of nitrogens with zero attached hydrogens (tertiary/aromatic N) is 1. The van der Waals surface area contributed by atoms with Gasteiger partial charge in [-0.25, -0.2) is 4.79 Å². The maximum Gasteiger partial charge on any atom is 0.362 e. The Morgan fingerprint density at radius 2 is 0.983 bits per heavy atom. The van der Waals surface area contributed by atoms with E-state index in [0.29, 0.717) is 12.8 Å². The number of aliphatic carboxylic acids is 1. The second kappa shape index (κ2) is 42.2. The van der Waals surface area contributed by atoms with Crippen LogP contribution in [0, 0.1) is 0 Å². The zero-order chi connectivity index (χ0) is 44.2. The van der Waals surface area contributed by atoms with Gasteiger partial charge in [-0.2, -0.15) is 0 Å². The highest BCUT2D eigenvalue weighted by Crippen LogP contribution is 2.12. The Hall–Kier alpha value is -3.49. The lowest BCUT2D eigenvalue weighted by molar-refractivity contribution is -0.887. The molecule has 0 aromatic rings. The van der Waals surface area contributed by atoms with E-state index in [1.165, 1.54) is 44.9 Å². The third-order valence-corrected chi connectivity index (χ3v) is 10.1. The molecule has 0 rings (SSSR count). The van der Waals surface area contributed by atoms with Gasteiger partial charge in [0, 0.05) is 19.3 Å². The smallest absolute Gasteiger partial charge is 0.362 e. The van der Waals surface area contributed by atoms with Gasteiger partial charge in [-0.1, -0.05) is 157 Å². The largest absolute Gasteiger partial charge is 0.477 e. The quantitative estimate of drug-likeness (QED) is 0.0215. The minimum atomic E-state index is -0.886. The topological polar surface area (TPSA) is 99.1 Å². The van der Waals surface area contributed by atoms with Crippen molar-refractivity contribution in [2.24, 2.45) is 0 Å². The molecule has 8 heteroatoms. The molecule has 0 fully saturated rings. The molecule has 8 nitrogen and oxygen atoms in total. The van der Waals surface area contributed by atoms with E-state index in [0.717, 1.165) is 96.3 Å². The molecule has 0 heterocycles. The summed E-state index contributed by atoms with van der Waals surface area (Å²) in [7, 11) is 5.50. The highest BCUT2D eigenvalue weighted by atomic mass is 16.6. The van der Waals surface area contributed by atoms with E-state index in [4.69, 9.17) is 14.2 Å². The Kier molecular flexibility index (Phi) is 39.8. The first-order valence-electron chi connectivity index (χ1n) is 23.6. The lowest BCUT2D eigenvalue weighted by Gasteiger charge is -2.31. The average molecular weight is 839 g/mol. The molecule has 0 amide bonds. The number of likely N-dealkylation sites (N-methyl/N-ethyl adjacent to an activating group) is 1. The maximum atomic E-state index is 12.7. The van der Waals surface area contributed by atoms with Crippen LogP contribution in [0.25, 0.3) is 0 Å². The van der Waals surface area contributed by atoms with Gasteiger partial charge in [0.25, 0.3) is 0 Å². The summed E-state index contributed by atoms with van der Waals surface area (Å²) in [5.41, 5.74) is 0. The van der Waals surface area contributed by atoms with E-state index in [9.17, 15) is 19.5 Å². The Morgan fingerprint density at radius 1 is 0.533 bits per heavy atom. The molecule has 2 unspecified atom stereocenters. The summed E-state index contributed by atoms with van der Waals surface area (Å²) in [4.78, 5) is 37.1. The number of quaternary nitrogens is 1. The number of rotatable bonds is 41. The molecule has 0 spiro atoms. The number of unbranched alkanes of at least 4 members (excludes halogenated alkanes) is 14. The van der Waals surface area contributed by atoms with Gasteiger partial charge in [0.1, 0.15) is 6.61 Å². The maximum absolute atomic E-state index is 12.7. The third-order valence-electron chi connectivity index (χ3n) is 10.1. The van der Waals surface area contributed by atoms with E-state index in [2.05, 4.69) is 98.9 Å². The summed E-state index contributed by atoms with van der Waals surface area (Å²) in [6.45, 7) is 4.55. The van der Waals surface area contributed by atoms with Gasteiger partial charge < -0.3 is 23.8 Å². The average Bonchev–Trinajstić information content (AvgIpc) is 3.21. The van der Waals surface area contributed by atoms with Gasteiger partial charge in [-0.05, 0) is 83.5 Å². The Labute approximate surface area is 367 Å². The van der Waals surface area contributed by atoms with Crippen LogP contribution in [0.5, 0.6) is 0 Å². The second-order valence-electron chi connectivity index (χ2n) is 16.7. The van der Waals surface area contributed by atoms with E-state index >= 15 is 0 Å². The molecular weight excluding hydrogens is 751 g/mol. The van der Waals surface area contributed by atoms with Crippen LogP contribution in [-0.2, 0) is 28.6 Å². The van der Waals surface area contributed by atoms with Gasteiger partial charge in [0.15, 0.2) is 12.1 Å². The van der Waals surface area contributed by atoms with Crippen LogP contribution in [0.4, 0.5) is 0 Å². The fourth-order valence-corrected chi connectivity index (χ4v) is 6.40. The van der Waals surface area contributed by atoms with Crippen LogP contribution in [-0.4, -0.2) is 80.6 Å². The molecule has 60 heavy (non-hydrogen) atoms. The molecule has 2 atom stereocenters. The number of hydrogen-bond acceptors (Lipinski definition) is 6. The highest BCUT2D eigenvalue weighted by molar-refractivity contribution is 5.72. The molecule has 0 bridgehead atoms. The summed E-state index contributed by atoms with van der Waals surface area (Å²) >= 11 is 0. The SMILES string of the molecule is CC/C=C/C/C=C/C/C=C/C/C=C/C/C=C/CCCCCCC(=O)OCC(COCCC(C(=O)O)[N+](C)(C)C)OC(=O)CCCCC/C=C/C=C/CCCCCCCCC. The van der Waals surface area contributed by atoms with E-state index in [-0.39, 0.29) is 42.7 Å². The number of carbonyl (C=O) groups excluding carboxylic acids is 2. The molecule has 0 aliphatic carbocycles. The summed E-state index contributed by atoms with van der Waals surface area (Å²) in [6, 6.07) is -0.628. The van der Waals surface area contributed by atoms with Crippen LogP contribution in [0.3, 0.4) is 0 Å². The molecule has 0 aliphatic heterocycles. The highest BCUT2D eigenvalue weighted by Gasteiger charge is 2.31. The summed E-state index contributed by atoms with van der Waals surface area (Å²) in [5.74, 6) is -1.54. The zero-order valence-corrected chi connectivity index (χ0v) is 38.9. The van der Waals surface area contributed by atoms with Gasteiger partial charge in [0.2, 0.25) is 0 Å². The van der Waals surface area contributed by atoms with Crippen molar-refractivity contribution < 1.29 is 38.2 Å². The van der Waals surface area contributed by atoms with Crippen LogP contribution in [0.1, 0.15) is 174 Å². The van der Waals surface area contributed by atoms with Crippen molar-refractivity contribution in [2.75, 3.05) is 41.0 Å². The Bertz CT molecular complexity index is 1250. The zero-order valence-electron chi connectivity index (χ0n) is 38.9. The molecule has 0 saturated heterocycles. The first-order chi connectivity index (χ1) is 29.1. The molecule has 0 saturated carbocycles. The normalized spacial score (nSPS) is 13.7. The van der Waals surface area contributed by atoms with E-state index < -0.39 is 18.1 Å². The van der Waals surface area contributed by atoms with Crippen molar-refractivity contribution in [3.8, 4) is 0 Å². The third kappa shape index (κ3) is 39.9. The first-order valence-corrected chi connectivity index (χ1v) is 23.6. The number of allylic oxidation sites excluding steroid dienone is 14. The van der Waals surface area contributed by atoms with Crippen molar-refractivity contribution >= 4 is 17.9 Å². The van der Waals surface area contributed by atoms with Crippen molar-refractivity contribution in [1.29, 1.82) is 0 Å².